The average molecular weight is 401 g/mol. The van der Waals surface area contributed by atoms with Gasteiger partial charge < -0.3 is 11.5 Å². The highest BCUT2D eigenvalue weighted by Crippen LogP contribution is 2.26. The van der Waals surface area contributed by atoms with Crippen molar-refractivity contribution < 1.29 is 14.8 Å². The van der Waals surface area contributed by atoms with E-state index in [4.69, 9.17) is 11.5 Å². The van der Waals surface area contributed by atoms with Crippen LogP contribution in [0.5, 0.6) is 0 Å². The SMILES string of the molecule is Nc1ccccn1.Nc1ccccn1.O=[N+]([O-])c1cc([N+](=O)[O-])cc([N+](=O)[O-])c1. The van der Waals surface area contributed by atoms with Gasteiger partial charge in [-0.1, -0.05) is 12.1 Å². The summed E-state index contributed by atoms with van der Waals surface area (Å²) in [5, 5.41) is 30.9. The third-order valence-electron chi connectivity index (χ3n) is 2.90. The van der Waals surface area contributed by atoms with Crippen LogP contribution in [0.25, 0.3) is 0 Å². The van der Waals surface area contributed by atoms with E-state index in [1.165, 1.54) is 0 Å². The number of rotatable bonds is 3. The molecular weight excluding hydrogens is 386 g/mol. The Hall–Kier alpha value is -4.68. The fraction of sp³-hybridized carbons (Fsp3) is 0. The lowest BCUT2D eigenvalue weighted by Gasteiger charge is -1.93. The van der Waals surface area contributed by atoms with Gasteiger partial charge in [0, 0.05) is 12.4 Å². The summed E-state index contributed by atoms with van der Waals surface area (Å²) in [6.45, 7) is 0. The first-order chi connectivity index (χ1) is 13.7. The van der Waals surface area contributed by atoms with Gasteiger partial charge in [-0.3, -0.25) is 30.3 Å². The van der Waals surface area contributed by atoms with Crippen molar-refractivity contribution in [2.75, 3.05) is 11.5 Å². The minimum Gasteiger partial charge on any atom is -0.384 e. The topological polar surface area (TPSA) is 207 Å². The lowest BCUT2D eigenvalue weighted by Crippen LogP contribution is -1.96. The molecule has 0 saturated heterocycles. The van der Waals surface area contributed by atoms with Gasteiger partial charge in [-0.2, -0.15) is 0 Å². The Balaban J connectivity index is 0.000000248. The van der Waals surface area contributed by atoms with Crippen molar-refractivity contribution in [3.05, 3.63) is 97.3 Å². The summed E-state index contributed by atoms with van der Waals surface area (Å²) in [5.74, 6) is 1.14. The van der Waals surface area contributed by atoms with Crippen LogP contribution in [0, 0.1) is 30.3 Å². The summed E-state index contributed by atoms with van der Waals surface area (Å²) in [6, 6.07) is 12.8. The van der Waals surface area contributed by atoms with E-state index >= 15 is 0 Å². The molecule has 2 heterocycles. The number of hydrogen-bond acceptors (Lipinski definition) is 10. The summed E-state index contributed by atoms with van der Waals surface area (Å²) in [4.78, 5) is 35.7. The van der Waals surface area contributed by atoms with Crippen molar-refractivity contribution in [1.82, 2.24) is 9.97 Å². The van der Waals surface area contributed by atoms with Crippen molar-refractivity contribution in [1.29, 1.82) is 0 Å². The van der Waals surface area contributed by atoms with E-state index in [-0.39, 0.29) is 0 Å². The molecule has 1 aromatic carbocycles. The molecule has 0 radical (unpaired) electrons. The van der Waals surface area contributed by atoms with Crippen molar-refractivity contribution in [3.8, 4) is 0 Å². The zero-order valence-corrected chi connectivity index (χ0v) is 14.7. The second-order valence-corrected chi connectivity index (χ2v) is 4.99. The second kappa shape index (κ2) is 11.1. The number of nitrogens with two attached hydrogens (primary N) is 2. The number of aromatic nitrogens is 2. The Kier molecular flexibility index (Phi) is 8.58. The smallest absolute Gasteiger partial charge is 0.283 e. The van der Waals surface area contributed by atoms with E-state index in [0.29, 0.717) is 29.8 Å². The van der Waals surface area contributed by atoms with Crippen LogP contribution in [0.3, 0.4) is 0 Å². The van der Waals surface area contributed by atoms with Crippen molar-refractivity contribution in [2.24, 2.45) is 0 Å². The van der Waals surface area contributed by atoms with E-state index in [9.17, 15) is 30.3 Å². The van der Waals surface area contributed by atoms with Gasteiger partial charge in [0.05, 0.1) is 33.0 Å². The highest BCUT2D eigenvalue weighted by atomic mass is 16.6. The molecule has 13 heteroatoms. The van der Waals surface area contributed by atoms with Gasteiger partial charge in [0.15, 0.2) is 0 Å². The summed E-state index contributed by atoms with van der Waals surface area (Å²) in [5.41, 5.74) is 8.44. The Bertz CT molecular complexity index is 854. The average Bonchev–Trinajstić information content (AvgIpc) is 2.69. The number of nitro benzene ring substituents is 3. The van der Waals surface area contributed by atoms with E-state index in [1.807, 2.05) is 24.3 Å². The molecule has 0 spiro atoms. The highest BCUT2D eigenvalue weighted by Gasteiger charge is 2.21. The maximum atomic E-state index is 10.3. The molecule has 0 fully saturated rings. The Morgan fingerprint density at radius 3 is 1.07 bits per heavy atom. The minimum atomic E-state index is -0.931. The summed E-state index contributed by atoms with van der Waals surface area (Å²) < 4.78 is 0. The zero-order valence-electron chi connectivity index (χ0n) is 14.7. The van der Waals surface area contributed by atoms with Crippen molar-refractivity contribution in [2.45, 2.75) is 0 Å². The van der Waals surface area contributed by atoms with Crippen LogP contribution in [0.2, 0.25) is 0 Å². The monoisotopic (exact) mass is 401 g/mol. The molecular formula is C16H15N7O6. The lowest BCUT2D eigenvalue weighted by molar-refractivity contribution is -0.403. The molecule has 4 N–H and O–H groups in total. The molecule has 29 heavy (non-hydrogen) atoms. The third kappa shape index (κ3) is 8.50. The van der Waals surface area contributed by atoms with Crippen LogP contribution in [0.15, 0.2) is 67.0 Å². The number of nitro groups is 3. The first-order valence-corrected chi connectivity index (χ1v) is 7.62. The molecule has 0 aliphatic rings. The van der Waals surface area contributed by atoms with E-state index in [0.717, 1.165) is 0 Å². The van der Waals surface area contributed by atoms with Gasteiger partial charge in [0.25, 0.3) is 17.1 Å². The molecule has 150 valence electrons. The zero-order chi connectivity index (χ0) is 21.8. The van der Waals surface area contributed by atoms with E-state index < -0.39 is 31.8 Å². The third-order valence-corrected chi connectivity index (χ3v) is 2.90. The predicted octanol–water partition coefficient (Wildman–Crippen LogP) is 2.74. The molecule has 0 aliphatic carbocycles. The van der Waals surface area contributed by atoms with Crippen molar-refractivity contribution >= 4 is 28.7 Å². The predicted molar refractivity (Wildman–Crippen MR) is 104 cm³/mol. The van der Waals surface area contributed by atoms with Crippen LogP contribution < -0.4 is 11.5 Å². The first kappa shape index (κ1) is 22.4. The molecule has 3 rings (SSSR count). The Labute approximate surface area is 163 Å². The number of benzene rings is 1. The molecule has 0 unspecified atom stereocenters. The molecule has 0 aliphatic heterocycles. The lowest BCUT2D eigenvalue weighted by atomic mass is 10.2. The Morgan fingerprint density at radius 2 is 0.931 bits per heavy atom. The van der Waals surface area contributed by atoms with Crippen LogP contribution in [-0.4, -0.2) is 24.7 Å². The summed E-state index contributed by atoms with van der Waals surface area (Å²) in [7, 11) is 0. The number of non-ortho nitro benzene ring substituents is 3. The minimum absolute atomic E-state index is 0.572. The van der Waals surface area contributed by atoms with Gasteiger partial charge in [0.1, 0.15) is 11.6 Å². The molecule has 3 aromatic rings. The van der Waals surface area contributed by atoms with Gasteiger partial charge >= 0.3 is 0 Å². The molecule has 0 bridgehead atoms. The quantitative estimate of drug-likeness (QED) is 0.484. The summed E-state index contributed by atoms with van der Waals surface area (Å²) in [6.07, 6.45) is 3.32. The number of nitrogens with zero attached hydrogens (tertiary/aromatic N) is 5. The molecule has 2 aromatic heterocycles. The van der Waals surface area contributed by atoms with Gasteiger partial charge in [0.2, 0.25) is 0 Å². The number of nitrogen functional groups attached to an aromatic ring is 2. The van der Waals surface area contributed by atoms with Crippen LogP contribution in [0.1, 0.15) is 0 Å². The second-order valence-electron chi connectivity index (χ2n) is 4.99. The highest BCUT2D eigenvalue weighted by molar-refractivity contribution is 5.52. The molecule has 0 saturated carbocycles. The number of anilines is 2. The molecule has 0 atom stereocenters. The Morgan fingerprint density at radius 1 is 0.621 bits per heavy atom. The molecule has 13 nitrogen and oxygen atoms in total. The number of pyridine rings is 2. The summed E-state index contributed by atoms with van der Waals surface area (Å²) >= 11 is 0. The number of hydrogen-bond donors (Lipinski definition) is 2. The van der Waals surface area contributed by atoms with E-state index in [2.05, 4.69) is 9.97 Å². The largest absolute Gasteiger partial charge is 0.384 e. The van der Waals surface area contributed by atoms with Gasteiger partial charge in [-0.05, 0) is 24.3 Å². The maximum absolute atomic E-state index is 10.3. The standard InChI is InChI=1S/C6H3N3O6.2C5H6N2/c10-7(11)4-1-5(8(12)13)3-6(2-4)9(14)15;2*6-5-3-1-2-4-7-5/h1-3H;2*1-4H,(H2,6,7). The van der Waals surface area contributed by atoms with E-state index in [1.54, 1.807) is 24.5 Å². The first-order valence-electron chi connectivity index (χ1n) is 7.62. The maximum Gasteiger partial charge on any atom is 0.283 e. The van der Waals surface area contributed by atoms with Gasteiger partial charge in [-0.25, -0.2) is 9.97 Å². The van der Waals surface area contributed by atoms with Gasteiger partial charge in [-0.15, -0.1) is 0 Å². The van der Waals surface area contributed by atoms with Crippen LogP contribution >= 0.6 is 0 Å². The normalized spacial score (nSPS) is 9.10. The fourth-order valence-electron chi connectivity index (χ4n) is 1.65. The van der Waals surface area contributed by atoms with Crippen LogP contribution in [0.4, 0.5) is 28.7 Å². The fourth-order valence-corrected chi connectivity index (χ4v) is 1.65. The van der Waals surface area contributed by atoms with Crippen LogP contribution in [-0.2, 0) is 0 Å². The van der Waals surface area contributed by atoms with Crippen molar-refractivity contribution in [3.63, 3.8) is 0 Å². The molecule has 0 amide bonds.